The summed E-state index contributed by atoms with van der Waals surface area (Å²) in [6.07, 6.45) is 3.36. The fourth-order valence-electron chi connectivity index (χ4n) is 2.00. The second kappa shape index (κ2) is 4.41. The molecule has 1 amide bonds. The van der Waals surface area contributed by atoms with Gasteiger partial charge in [-0.1, -0.05) is 0 Å². The van der Waals surface area contributed by atoms with Gasteiger partial charge >= 0.3 is 6.01 Å². The van der Waals surface area contributed by atoms with Crippen LogP contribution in [0.3, 0.4) is 0 Å². The van der Waals surface area contributed by atoms with Crippen molar-refractivity contribution in [2.45, 2.75) is 19.3 Å². The van der Waals surface area contributed by atoms with Crippen molar-refractivity contribution < 1.29 is 9.53 Å². The molecule has 0 fully saturated rings. The summed E-state index contributed by atoms with van der Waals surface area (Å²) in [5.41, 5.74) is 1.31. The summed E-state index contributed by atoms with van der Waals surface area (Å²) in [7, 11) is 1.47. The van der Waals surface area contributed by atoms with Crippen LogP contribution in [0.2, 0.25) is 0 Å². The average molecular weight is 264 g/mol. The smallest absolute Gasteiger partial charge is 0.336 e. The Balaban J connectivity index is 1.74. The van der Waals surface area contributed by atoms with E-state index in [4.69, 9.17) is 4.74 Å². The molecule has 94 valence electrons. The number of ether oxygens (including phenoxy) is 1. The van der Waals surface area contributed by atoms with Crippen LogP contribution in [0.1, 0.15) is 26.5 Å². The number of nitrogens with one attached hydrogen (secondary N) is 2. The fourth-order valence-corrected chi connectivity index (χ4v) is 3.15. The first-order valence-corrected chi connectivity index (χ1v) is 6.47. The molecule has 7 heteroatoms. The number of fused-ring (bicyclic) bond motifs is 1. The van der Waals surface area contributed by atoms with Crippen molar-refractivity contribution in [1.82, 2.24) is 15.2 Å². The monoisotopic (exact) mass is 264 g/mol. The predicted octanol–water partition coefficient (Wildman–Crippen LogP) is 1.62. The van der Waals surface area contributed by atoms with Gasteiger partial charge in [-0.15, -0.1) is 16.4 Å². The molecular weight excluding hydrogens is 252 g/mol. The highest BCUT2D eigenvalue weighted by Crippen LogP contribution is 2.30. The summed E-state index contributed by atoms with van der Waals surface area (Å²) in [6.45, 7) is 0. The number of methoxy groups -OCH3 is 1. The molecule has 2 heterocycles. The molecule has 2 aromatic rings. The van der Waals surface area contributed by atoms with E-state index in [9.17, 15) is 4.79 Å². The number of hydrogen-bond acceptors (Lipinski definition) is 5. The van der Waals surface area contributed by atoms with E-state index in [2.05, 4.69) is 20.5 Å². The predicted molar refractivity (Wildman–Crippen MR) is 67.2 cm³/mol. The van der Waals surface area contributed by atoms with Gasteiger partial charge in [0.05, 0.1) is 12.0 Å². The molecule has 0 atom stereocenters. The Kier molecular flexibility index (Phi) is 2.75. The van der Waals surface area contributed by atoms with Crippen LogP contribution in [-0.2, 0) is 12.8 Å². The van der Waals surface area contributed by atoms with Gasteiger partial charge in [0, 0.05) is 4.88 Å². The van der Waals surface area contributed by atoms with Crippen LogP contribution >= 0.6 is 11.3 Å². The van der Waals surface area contributed by atoms with Gasteiger partial charge in [-0.2, -0.15) is 4.98 Å². The number of aryl methyl sites for hydroxylation is 2. The van der Waals surface area contributed by atoms with Gasteiger partial charge in [0.25, 0.3) is 5.91 Å². The Labute approximate surface area is 107 Å². The molecule has 0 spiro atoms. The fraction of sp³-hybridized carbons (Fsp3) is 0.364. The third-order valence-corrected chi connectivity index (χ3v) is 4.09. The van der Waals surface area contributed by atoms with E-state index in [1.165, 1.54) is 24.0 Å². The molecule has 0 radical (unpaired) electrons. The highest BCUT2D eigenvalue weighted by molar-refractivity contribution is 7.14. The van der Waals surface area contributed by atoms with E-state index in [0.29, 0.717) is 5.95 Å². The van der Waals surface area contributed by atoms with Crippen LogP contribution in [0, 0.1) is 0 Å². The Morgan fingerprint density at radius 1 is 1.56 bits per heavy atom. The zero-order valence-electron chi connectivity index (χ0n) is 9.82. The molecule has 6 nitrogen and oxygen atoms in total. The molecule has 2 N–H and O–H groups in total. The van der Waals surface area contributed by atoms with Crippen LogP contribution in [0.15, 0.2) is 6.07 Å². The molecule has 0 bridgehead atoms. The summed E-state index contributed by atoms with van der Waals surface area (Å²) in [6, 6.07) is 2.18. The van der Waals surface area contributed by atoms with Gasteiger partial charge in [-0.25, -0.2) is 5.10 Å². The largest absolute Gasteiger partial charge is 0.466 e. The maximum Gasteiger partial charge on any atom is 0.336 e. The number of nitrogens with zero attached hydrogens (tertiary/aromatic N) is 2. The third kappa shape index (κ3) is 1.97. The number of H-pyrrole nitrogens is 1. The Morgan fingerprint density at radius 3 is 3.17 bits per heavy atom. The van der Waals surface area contributed by atoms with Crippen LogP contribution in [0.4, 0.5) is 5.95 Å². The maximum absolute atomic E-state index is 12.0. The molecule has 3 rings (SSSR count). The molecule has 0 saturated heterocycles. The third-order valence-electron chi connectivity index (χ3n) is 2.85. The van der Waals surface area contributed by atoms with Crippen LogP contribution < -0.4 is 10.1 Å². The molecule has 1 aliphatic rings. The van der Waals surface area contributed by atoms with E-state index in [1.54, 1.807) is 11.3 Å². The van der Waals surface area contributed by atoms with Crippen molar-refractivity contribution in [2.24, 2.45) is 0 Å². The zero-order chi connectivity index (χ0) is 12.5. The van der Waals surface area contributed by atoms with Gasteiger partial charge in [0.1, 0.15) is 0 Å². The van der Waals surface area contributed by atoms with E-state index >= 15 is 0 Å². The lowest BCUT2D eigenvalue weighted by molar-refractivity contribution is 0.102. The summed E-state index contributed by atoms with van der Waals surface area (Å²) in [5.74, 6) is 0.138. The molecule has 0 aliphatic heterocycles. The average Bonchev–Trinajstić information content (AvgIpc) is 3.02. The minimum absolute atomic E-state index is 0.159. The molecule has 2 aromatic heterocycles. The number of aromatic amines is 1. The van der Waals surface area contributed by atoms with Crippen molar-refractivity contribution in [1.29, 1.82) is 0 Å². The Hall–Kier alpha value is -1.89. The highest BCUT2D eigenvalue weighted by Gasteiger charge is 2.19. The number of thiophene rings is 1. The van der Waals surface area contributed by atoms with Gasteiger partial charge in [-0.3, -0.25) is 10.1 Å². The van der Waals surface area contributed by atoms with Crippen LogP contribution in [0.25, 0.3) is 0 Å². The molecule has 1 aliphatic carbocycles. The lowest BCUT2D eigenvalue weighted by Gasteiger charge is -1.97. The minimum Gasteiger partial charge on any atom is -0.466 e. The number of hydrogen-bond donors (Lipinski definition) is 2. The lowest BCUT2D eigenvalue weighted by Crippen LogP contribution is -2.11. The number of rotatable bonds is 3. The number of aromatic nitrogens is 3. The molecule has 18 heavy (non-hydrogen) atoms. The van der Waals surface area contributed by atoms with Gasteiger partial charge in [0.15, 0.2) is 0 Å². The second-order valence-corrected chi connectivity index (χ2v) is 5.17. The minimum atomic E-state index is -0.159. The normalized spacial score (nSPS) is 13.4. The summed E-state index contributed by atoms with van der Waals surface area (Å²) in [4.78, 5) is 18.0. The van der Waals surface area contributed by atoms with Crippen molar-refractivity contribution in [3.8, 4) is 6.01 Å². The standard InChI is InChI=1S/C11H12N4O2S/c1-17-11-13-10(14-15-11)12-9(16)8-5-6-3-2-4-7(6)18-8/h5H,2-4H2,1H3,(H2,12,13,14,15,16). The lowest BCUT2D eigenvalue weighted by atomic mass is 10.2. The van der Waals surface area contributed by atoms with E-state index < -0.39 is 0 Å². The highest BCUT2D eigenvalue weighted by atomic mass is 32.1. The number of amides is 1. The number of anilines is 1. The first-order valence-electron chi connectivity index (χ1n) is 5.65. The Morgan fingerprint density at radius 2 is 2.44 bits per heavy atom. The SMILES string of the molecule is COc1n[nH]c(NC(=O)c2cc3c(s2)CCC3)n1. The molecule has 0 unspecified atom stereocenters. The van der Waals surface area contributed by atoms with Crippen molar-refractivity contribution in [2.75, 3.05) is 12.4 Å². The topological polar surface area (TPSA) is 79.9 Å². The first-order chi connectivity index (χ1) is 8.76. The zero-order valence-corrected chi connectivity index (χ0v) is 10.6. The van der Waals surface area contributed by atoms with Crippen molar-refractivity contribution in [3.63, 3.8) is 0 Å². The van der Waals surface area contributed by atoms with E-state index in [1.807, 2.05) is 6.07 Å². The van der Waals surface area contributed by atoms with Crippen LogP contribution in [0.5, 0.6) is 6.01 Å². The summed E-state index contributed by atoms with van der Waals surface area (Å²) >= 11 is 1.56. The molecule has 0 saturated carbocycles. The van der Waals surface area contributed by atoms with Gasteiger partial charge in [0.2, 0.25) is 5.95 Å². The van der Waals surface area contributed by atoms with Crippen molar-refractivity contribution in [3.05, 3.63) is 21.4 Å². The first kappa shape index (κ1) is 11.2. The van der Waals surface area contributed by atoms with Crippen LogP contribution in [-0.4, -0.2) is 28.2 Å². The Bertz CT molecular complexity index is 568. The number of carbonyl (C=O) groups excluding carboxylic acids is 1. The van der Waals surface area contributed by atoms with E-state index in [0.717, 1.165) is 17.7 Å². The maximum atomic E-state index is 12.0. The second-order valence-electron chi connectivity index (χ2n) is 4.04. The summed E-state index contributed by atoms with van der Waals surface area (Å²) in [5, 5.41) is 9.02. The van der Waals surface area contributed by atoms with Crippen molar-refractivity contribution >= 4 is 23.2 Å². The summed E-state index contributed by atoms with van der Waals surface area (Å²) < 4.78 is 4.83. The van der Waals surface area contributed by atoms with Gasteiger partial charge < -0.3 is 4.74 Å². The number of carbonyl (C=O) groups is 1. The molecular formula is C11H12N4O2S. The van der Waals surface area contributed by atoms with Gasteiger partial charge in [-0.05, 0) is 30.9 Å². The quantitative estimate of drug-likeness (QED) is 0.882. The molecule has 0 aromatic carbocycles. The van der Waals surface area contributed by atoms with E-state index in [-0.39, 0.29) is 11.9 Å².